The molecule has 4 fully saturated rings. The van der Waals surface area contributed by atoms with Crippen LogP contribution in [0.2, 0.25) is 0 Å². The number of urea groups is 1. The molecule has 0 radical (unpaired) electrons. The van der Waals surface area contributed by atoms with Crippen LogP contribution >= 0.6 is 0 Å². The number of hydrogen-bond acceptors (Lipinski definition) is 5. The van der Waals surface area contributed by atoms with E-state index in [1.54, 1.807) is 4.90 Å². The smallest absolute Gasteiger partial charge is 0.417 e. The average molecular weight is 425 g/mol. The van der Waals surface area contributed by atoms with Crippen molar-refractivity contribution in [3.63, 3.8) is 0 Å². The first-order valence-corrected chi connectivity index (χ1v) is 9.89. The van der Waals surface area contributed by atoms with Crippen LogP contribution in [0.1, 0.15) is 17.7 Å². The number of ether oxygens (including phenoxy) is 1. The maximum Gasteiger partial charge on any atom is 0.417 e. The molecule has 1 aromatic heterocycles. The van der Waals surface area contributed by atoms with Gasteiger partial charge in [0.25, 0.3) is 0 Å². The molecule has 0 aliphatic carbocycles. The number of cyclic esters (lactones) is 1. The van der Waals surface area contributed by atoms with Gasteiger partial charge in [-0.05, 0) is 25.1 Å². The lowest BCUT2D eigenvalue weighted by Crippen LogP contribution is -2.73. The van der Waals surface area contributed by atoms with Crippen molar-refractivity contribution >= 4 is 12.1 Å². The van der Waals surface area contributed by atoms with Crippen LogP contribution in [0.5, 0.6) is 0 Å². The fourth-order valence-electron chi connectivity index (χ4n) is 4.92. The first-order chi connectivity index (χ1) is 14.2. The number of carbonyl (C=O) groups excluding carboxylic acids is 2. The number of likely N-dealkylation sites (tertiary alicyclic amines) is 3. The van der Waals surface area contributed by atoms with E-state index in [0.717, 1.165) is 31.8 Å². The van der Waals surface area contributed by atoms with Gasteiger partial charge < -0.3 is 19.9 Å². The molecule has 3 amide bonds. The molecule has 0 saturated carbocycles. The molecule has 0 aromatic carbocycles. The van der Waals surface area contributed by atoms with E-state index < -0.39 is 23.4 Å². The molecule has 1 aromatic rings. The van der Waals surface area contributed by atoms with Crippen LogP contribution in [-0.2, 0) is 17.5 Å². The minimum absolute atomic E-state index is 0.0183. The molecule has 2 spiro atoms. The molecule has 0 unspecified atom stereocenters. The number of pyridine rings is 1. The van der Waals surface area contributed by atoms with Gasteiger partial charge in [-0.1, -0.05) is 0 Å². The predicted molar refractivity (Wildman–Crippen MR) is 97.3 cm³/mol. The van der Waals surface area contributed by atoms with Gasteiger partial charge in [0.2, 0.25) is 0 Å². The molecule has 1 N–H and O–H groups in total. The lowest BCUT2D eigenvalue weighted by Gasteiger charge is -2.53. The first kappa shape index (κ1) is 19.4. The summed E-state index contributed by atoms with van der Waals surface area (Å²) < 4.78 is 42.9. The van der Waals surface area contributed by atoms with Gasteiger partial charge in [-0.15, -0.1) is 0 Å². The molecule has 4 saturated heterocycles. The zero-order valence-electron chi connectivity index (χ0n) is 16.2. The number of aromatic nitrogens is 1. The molecule has 5 rings (SSSR count). The van der Waals surface area contributed by atoms with Crippen molar-refractivity contribution in [3.05, 3.63) is 29.6 Å². The van der Waals surface area contributed by atoms with E-state index in [9.17, 15) is 22.8 Å². The van der Waals surface area contributed by atoms with E-state index >= 15 is 0 Å². The quantitative estimate of drug-likeness (QED) is 0.778. The Morgan fingerprint density at radius 2 is 1.90 bits per heavy atom. The SMILES string of the molecule is O=C1NC2(CO1)CN(C(=O)N1CC3(CCN(Cc4ccc(C(F)(F)F)cn4)C3)C1)C2. The van der Waals surface area contributed by atoms with Gasteiger partial charge in [-0.2, -0.15) is 13.2 Å². The van der Waals surface area contributed by atoms with Crippen molar-refractivity contribution in [1.29, 1.82) is 0 Å². The summed E-state index contributed by atoms with van der Waals surface area (Å²) in [5.74, 6) is 0. The second kappa shape index (κ2) is 6.47. The minimum Gasteiger partial charge on any atom is -0.447 e. The van der Waals surface area contributed by atoms with Gasteiger partial charge in [-0.25, -0.2) is 9.59 Å². The number of halogens is 3. The Morgan fingerprint density at radius 3 is 2.50 bits per heavy atom. The van der Waals surface area contributed by atoms with E-state index in [1.807, 2.05) is 4.90 Å². The molecule has 30 heavy (non-hydrogen) atoms. The maximum absolute atomic E-state index is 12.7. The van der Waals surface area contributed by atoms with E-state index in [1.165, 1.54) is 6.07 Å². The van der Waals surface area contributed by atoms with Crippen LogP contribution in [-0.4, -0.2) is 83.2 Å². The molecular formula is C19H22F3N5O3. The lowest BCUT2D eigenvalue weighted by atomic mass is 9.79. The first-order valence-electron chi connectivity index (χ1n) is 9.89. The topological polar surface area (TPSA) is 78.0 Å². The summed E-state index contributed by atoms with van der Waals surface area (Å²) >= 11 is 0. The Hall–Kier alpha value is -2.56. The summed E-state index contributed by atoms with van der Waals surface area (Å²) in [6.07, 6.45) is -2.98. The Balaban J connectivity index is 1.10. The van der Waals surface area contributed by atoms with Crippen LogP contribution in [0, 0.1) is 5.41 Å². The molecule has 4 aliphatic rings. The molecule has 4 aliphatic heterocycles. The highest BCUT2D eigenvalue weighted by atomic mass is 19.4. The minimum atomic E-state index is -4.38. The van der Waals surface area contributed by atoms with Crippen LogP contribution in [0.3, 0.4) is 0 Å². The van der Waals surface area contributed by atoms with Gasteiger partial charge in [0.1, 0.15) is 12.1 Å². The lowest BCUT2D eigenvalue weighted by molar-refractivity contribution is -0.137. The number of nitrogens with zero attached hydrogens (tertiary/aromatic N) is 4. The fourth-order valence-corrected chi connectivity index (χ4v) is 4.92. The average Bonchev–Trinajstić information content (AvgIpc) is 3.22. The summed E-state index contributed by atoms with van der Waals surface area (Å²) in [4.78, 5) is 33.5. The normalized spacial score (nSPS) is 24.6. The van der Waals surface area contributed by atoms with Crippen LogP contribution < -0.4 is 5.32 Å². The number of alkyl carbamates (subject to hydrolysis) is 1. The number of alkyl halides is 3. The van der Waals surface area contributed by atoms with Gasteiger partial charge >= 0.3 is 18.3 Å². The van der Waals surface area contributed by atoms with E-state index in [0.29, 0.717) is 45.0 Å². The third-order valence-electron chi connectivity index (χ3n) is 6.48. The van der Waals surface area contributed by atoms with Gasteiger partial charge in [0, 0.05) is 37.8 Å². The monoisotopic (exact) mass is 425 g/mol. The third kappa shape index (κ3) is 3.34. The van der Waals surface area contributed by atoms with Crippen molar-refractivity contribution in [2.75, 3.05) is 45.9 Å². The zero-order chi connectivity index (χ0) is 21.1. The molecule has 0 atom stereocenters. The second-order valence-electron chi connectivity index (χ2n) is 8.97. The van der Waals surface area contributed by atoms with Gasteiger partial charge in [0.05, 0.1) is 24.3 Å². The van der Waals surface area contributed by atoms with Crippen LogP contribution in [0.4, 0.5) is 22.8 Å². The van der Waals surface area contributed by atoms with Crippen molar-refractivity contribution in [3.8, 4) is 0 Å². The second-order valence-corrected chi connectivity index (χ2v) is 8.97. The van der Waals surface area contributed by atoms with Crippen molar-refractivity contribution < 1.29 is 27.5 Å². The summed E-state index contributed by atoms with van der Waals surface area (Å²) in [6.45, 7) is 4.72. The fraction of sp³-hybridized carbons (Fsp3) is 0.632. The Bertz CT molecular complexity index is 863. The summed E-state index contributed by atoms with van der Waals surface area (Å²) in [5, 5.41) is 2.77. The van der Waals surface area contributed by atoms with E-state index in [4.69, 9.17) is 4.74 Å². The molecule has 5 heterocycles. The number of carbonyl (C=O) groups is 2. The van der Waals surface area contributed by atoms with Crippen LogP contribution in [0.15, 0.2) is 18.3 Å². The third-order valence-corrected chi connectivity index (χ3v) is 6.48. The Labute approximate surface area is 170 Å². The summed E-state index contributed by atoms with van der Waals surface area (Å²) in [6, 6.07) is 2.47. The Morgan fingerprint density at radius 1 is 1.17 bits per heavy atom. The standard InChI is InChI=1S/C19H22F3N5O3/c20-19(21,22)13-1-2-14(23-5-13)6-25-4-3-17(7-25)8-26(9-17)16(29)27-10-18(11-27)12-30-15(28)24-18/h1-2,5H,3-4,6-12H2,(H,24,28). The molecular weight excluding hydrogens is 403 g/mol. The van der Waals surface area contributed by atoms with Gasteiger partial charge in [-0.3, -0.25) is 9.88 Å². The Kier molecular flexibility index (Phi) is 4.18. The summed E-state index contributed by atoms with van der Waals surface area (Å²) in [5.41, 5.74) is -0.504. The van der Waals surface area contributed by atoms with E-state index in [2.05, 4.69) is 15.2 Å². The summed E-state index contributed by atoms with van der Waals surface area (Å²) in [7, 11) is 0. The van der Waals surface area contributed by atoms with E-state index in [-0.39, 0.29) is 11.4 Å². The number of amides is 3. The zero-order valence-corrected chi connectivity index (χ0v) is 16.2. The maximum atomic E-state index is 12.7. The number of hydrogen-bond donors (Lipinski definition) is 1. The number of rotatable bonds is 2. The highest BCUT2D eigenvalue weighted by molar-refractivity contribution is 5.78. The highest BCUT2D eigenvalue weighted by Gasteiger charge is 2.55. The molecule has 8 nitrogen and oxygen atoms in total. The molecule has 0 bridgehead atoms. The molecule has 11 heteroatoms. The number of nitrogens with one attached hydrogen (secondary N) is 1. The van der Waals surface area contributed by atoms with Crippen LogP contribution in [0.25, 0.3) is 0 Å². The highest BCUT2D eigenvalue weighted by Crippen LogP contribution is 2.41. The molecule has 162 valence electrons. The van der Waals surface area contributed by atoms with Crippen molar-refractivity contribution in [2.45, 2.75) is 24.7 Å². The van der Waals surface area contributed by atoms with Crippen molar-refractivity contribution in [2.24, 2.45) is 5.41 Å². The van der Waals surface area contributed by atoms with Gasteiger partial charge in [0.15, 0.2) is 0 Å². The van der Waals surface area contributed by atoms with Crippen molar-refractivity contribution in [1.82, 2.24) is 25.0 Å². The largest absolute Gasteiger partial charge is 0.447 e. The predicted octanol–water partition coefficient (Wildman–Crippen LogP) is 1.52.